The van der Waals surface area contributed by atoms with E-state index in [1.165, 1.54) is 12.1 Å². The lowest BCUT2D eigenvalue weighted by Gasteiger charge is -2.38. The molecule has 0 radical (unpaired) electrons. The van der Waals surface area contributed by atoms with Crippen LogP contribution in [0.15, 0.2) is 72.8 Å². The number of carbonyl (C=O) groups excluding carboxylic acids is 1. The molecule has 0 aliphatic carbocycles. The van der Waals surface area contributed by atoms with Crippen LogP contribution in [0.1, 0.15) is 22.1 Å². The summed E-state index contributed by atoms with van der Waals surface area (Å²) in [6.07, 6.45) is -0.513. The third-order valence-electron chi connectivity index (χ3n) is 4.44. The maximum absolute atomic E-state index is 13.8. The molecule has 0 aromatic heterocycles. The highest BCUT2D eigenvalue weighted by Crippen LogP contribution is 2.37. The van der Waals surface area contributed by atoms with Crippen LogP contribution in [0.5, 0.6) is 5.75 Å². The van der Waals surface area contributed by atoms with Crippen molar-refractivity contribution in [2.24, 2.45) is 0 Å². The molecule has 4 rings (SSSR count). The van der Waals surface area contributed by atoms with Gasteiger partial charge >= 0.3 is 0 Å². The number of rotatable bonds is 3. The van der Waals surface area contributed by atoms with Gasteiger partial charge < -0.3 is 10.1 Å². The smallest absolute Gasteiger partial charge is 0.262 e. The van der Waals surface area contributed by atoms with Gasteiger partial charge in [0.25, 0.3) is 5.91 Å². The molecule has 1 N–H and O–H groups in total. The topological polar surface area (TPSA) is 41.6 Å². The number of benzene rings is 3. The molecule has 3 aromatic carbocycles. The number of methoxy groups -OCH3 is 1. The van der Waals surface area contributed by atoms with E-state index in [2.05, 4.69) is 5.32 Å². The number of anilines is 2. The van der Waals surface area contributed by atoms with Crippen molar-refractivity contribution < 1.29 is 13.9 Å². The lowest BCUT2D eigenvalue weighted by Crippen LogP contribution is -2.43. The van der Waals surface area contributed by atoms with Gasteiger partial charge in [0.1, 0.15) is 17.7 Å². The first kappa shape index (κ1) is 16.1. The summed E-state index contributed by atoms with van der Waals surface area (Å²) in [5.41, 5.74) is 2.68. The van der Waals surface area contributed by atoms with Crippen molar-refractivity contribution in [3.05, 3.63) is 89.7 Å². The molecule has 0 bridgehead atoms. The molecule has 0 spiro atoms. The number of hydrogen-bond acceptors (Lipinski definition) is 3. The summed E-state index contributed by atoms with van der Waals surface area (Å²) >= 11 is 0. The molecule has 1 aliphatic heterocycles. The highest BCUT2D eigenvalue weighted by molar-refractivity contribution is 6.12. The summed E-state index contributed by atoms with van der Waals surface area (Å²) in [5.74, 6) is 0.220. The van der Waals surface area contributed by atoms with Gasteiger partial charge in [-0.05, 0) is 54.1 Å². The molecule has 26 heavy (non-hydrogen) atoms. The number of halogens is 1. The molecule has 1 heterocycles. The number of para-hydroxylation sites is 1. The fourth-order valence-corrected chi connectivity index (χ4v) is 3.17. The highest BCUT2D eigenvalue weighted by atomic mass is 19.1. The summed E-state index contributed by atoms with van der Waals surface area (Å²) in [7, 11) is 1.59. The number of amides is 1. The minimum absolute atomic E-state index is 0.140. The lowest BCUT2D eigenvalue weighted by molar-refractivity contribution is 0.0975. The molecule has 1 amide bonds. The Morgan fingerprint density at radius 1 is 1.00 bits per heavy atom. The zero-order valence-corrected chi connectivity index (χ0v) is 14.1. The molecule has 0 saturated carbocycles. The van der Waals surface area contributed by atoms with E-state index in [4.69, 9.17) is 4.74 Å². The Kier molecular flexibility index (Phi) is 4.05. The lowest BCUT2D eigenvalue weighted by atomic mass is 10.0. The molecule has 0 saturated heterocycles. The molecule has 3 aromatic rings. The number of ether oxygens (including phenoxy) is 1. The number of nitrogens with one attached hydrogen (secondary N) is 1. The van der Waals surface area contributed by atoms with Crippen LogP contribution in [-0.2, 0) is 0 Å². The monoisotopic (exact) mass is 348 g/mol. The van der Waals surface area contributed by atoms with Crippen molar-refractivity contribution in [1.82, 2.24) is 0 Å². The van der Waals surface area contributed by atoms with Crippen LogP contribution >= 0.6 is 0 Å². The highest BCUT2D eigenvalue weighted by Gasteiger charge is 2.34. The zero-order chi connectivity index (χ0) is 18.1. The van der Waals surface area contributed by atoms with Crippen LogP contribution in [0, 0.1) is 5.82 Å². The van der Waals surface area contributed by atoms with Gasteiger partial charge in [-0.1, -0.05) is 24.3 Å². The van der Waals surface area contributed by atoms with Gasteiger partial charge in [0.05, 0.1) is 12.7 Å². The van der Waals surface area contributed by atoms with E-state index in [-0.39, 0.29) is 11.7 Å². The number of carbonyl (C=O) groups is 1. The van der Waals surface area contributed by atoms with E-state index in [0.717, 1.165) is 5.69 Å². The predicted octanol–water partition coefficient (Wildman–Crippen LogP) is 4.61. The molecule has 1 atom stereocenters. The number of hydrogen-bond donors (Lipinski definition) is 1. The van der Waals surface area contributed by atoms with Gasteiger partial charge in [0.2, 0.25) is 0 Å². The van der Waals surface area contributed by atoms with E-state index in [1.807, 2.05) is 30.3 Å². The quantitative estimate of drug-likeness (QED) is 0.752. The zero-order valence-electron chi connectivity index (χ0n) is 14.1. The maximum Gasteiger partial charge on any atom is 0.262 e. The van der Waals surface area contributed by atoms with E-state index >= 15 is 0 Å². The standard InChI is InChI=1S/C21H17FN2O2/c1-26-17-11-9-16(10-12-17)24-20(14-5-4-6-15(22)13-14)23-19-8-3-2-7-18(19)21(24)25/h2-13,20,23H,1H3. The summed E-state index contributed by atoms with van der Waals surface area (Å²) < 4.78 is 19.0. The summed E-state index contributed by atoms with van der Waals surface area (Å²) in [4.78, 5) is 14.8. The third kappa shape index (κ3) is 2.77. The number of fused-ring (bicyclic) bond motifs is 1. The second kappa shape index (κ2) is 6.52. The van der Waals surface area contributed by atoms with Crippen LogP contribution in [-0.4, -0.2) is 13.0 Å². The van der Waals surface area contributed by atoms with Crippen molar-refractivity contribution >= 4 is 17.3 Å². The Balaban J connectivity index is 1.84. The van der Waals surface area contributed by atoms with E-state index in [1.54, 1.807) is 42.3 Å². The minimum atomic E-state index is -0.513. The van der Waals surface area contributed by atoms with Gasteiger partial charge in [-0.25, -0.2) is 4.39 Å². The van der Waals surface area contributed by atoms with Crippen LogP contribution in [0.25, 0.3) is 0 Å². The van der Waals surface area contributed by atoms with Crippen molar-refractivity contribution in [1.29, 1.82) is 0 Å². The average Bonchev–Trinajstić information content (AvgIpc) is 2.68. The first-order valence-electron chi connectivity index (χ1n) is 8.26. The van der Waals surface area contributed by atoms with Gasteiger partial charge in [0, 0.05) is 11.4 Å². The van der Waals surface area contributed by atoms with Crippen LogP contribution in [0.2, 0.25) is 0 Å². The van der Waals surface area contributed by atoms with Gasteiger partial charge in [-0.3, -0.25) is 9.69 Å². The molecule has 130 valence electrons. The van der Waals surface area contributed by atoms with Crippen molar-refractivity contribution in [2.45, 2.75) is 6.17 Å². The van der Waals surface area contributed by atoms with E-state index in [9.17, 15) is 9.18 Å². The van der Waals surface area contributed by atoms with Crippen LogP contribution in [0.3, 0.4) is 0 Å². The third-order valence-corrected chi connectivity index (χ3v) is 4.44. The molecule has 0 fully saturated rings. The van der Waals surface area contributed by atoms with Gasteiger partial charge in [-0.2, -0.15) is 0 Å². The summed E-state index contributed by atoms with van der Waals surface area (Å²) in [6, 6.07) is 20.8. The minimum Gasteiger partial charge on any atom is -0.497 e. The van der Waals surface area contributed by atoms with Crippen molar-refractivity contribution in [3.63, 3.8) is 0 Å². The molecular formula is C21H17FN2O2. The van der Waals surface area contributed by atoms with E-state index in [0.29, 0.717) is 22.6 Å². The average molecular weight is 348 g/mol. The van der Waals surface area contributed by atoms with Gasteiger partial charge in [0.15, 0.2) is 0 Å². The predicted molar refractivity (Wildman–Crippen MR) is 99.0 cm³/mol. The Hall–Kier alpha value is -3.34. The second-order valence-corrected chi connectivity index (χ2v) is 6.02. The molecular weight excluding hydrogens is 331 g/mol. The Morgan fingerprint density at radius 3 is 2.50 bits per heavy atom. The largest absolute Gasteiger partial charge is 0.497 e. The molecule has 1 unspecified atom stereocenters. The molecule has 1 aliphatic rings. The fraction of sp³-hybridized carbons (Fsp3) is 0.0952. The fourth-order valence-electron chi connectivity index (χ4n) is 3.17. The van der Waals surface area contributed by atoms with Gasteiger partial charge in [-0.15, -0.1) is 0 Å². The Bertz CT molecular complexity index is 956. The maximum atomic E-state index is 13.8. The second-order valence-electron chi connectivity index (χ2n) is 6.02. The summed E-state index contributed by atoms with van der Waals surface area (Å²) in [5, 5.41) is 3.36. The van der Waals surface area contributed by atoms with Crippen LogP contribution in [0.4, 0.5) is 15.8 Å². The molecule has 4 nitrogen and oxygen atoms in total. The number of nitrogens with zero attached hydrogens (tertiary/aromatic N) is 1. The Morgan fingerprint density at radius 2 is 1.77 bits per heavy atom. The van der Waals surface area contributed by atoms with E-state index < -0.39 is 6.17 Å². The molecule has 5 heteroatoms. The van der Waals surface area contributed by atoms with Crippen molar-refractivity contribution in [2.75, 3.05) is 17.3 Å². The first-order valence-corrected chi connectivity index (χ1v) is 8.26. The summed E-state index contributed by atoms with van der Waals surface area (Å²) in [6.45, 7) is 0. The SMILES string of the molecule is COc1ccc(N2C(=O)c3ccccc3NC2c2cccc(F)c2)cc1. The van der Waals surface area contributed by atoms with Crippen molar-refractivity contribution in [3.8, 4) is 5.75 Å². The van der Waals surface area contributed by atoms with Crippen LogP contribution < -0.4 is 15.0 Å². The first-order chi connectivity index (χ1) is 12.7. The Labute approximate surface area is 150 Å². The normalized spacial score (nSPS) is 16.0.